The maximum Gasteiger partial charge on any atom is 0.238 e. The number of amides is 2. The monoisotopic (exact) mass is 364 g/mol. The van der Waals surface area contributed by atoms with Crippen molar-refractivity contribution in [1.29, 1.82) is 0 Å². The van der Waals surface area contributed by atoms with Crippen LogP contribution in [0, 0.1) is 5.82 Å². The molecule has 2 N–H and O–H groups in total. The van der Waals surface area contributed by atoms with Crippen LogP contribution in [0.5, 0.6) is 0 Å². The Morgan fingerprint density at radius 3 is 2.88 bits per heavy atom. The first-order chi connectivity index (χ1) is 11.5. The topological polar surface area (TPSA) is 58.2 Å². The first-order valence-corrected chi connectivity index (χ1v) is 8.56. The van der Waals surface area contributed by atoms with Gasteiger partial charge in [-0.1, -0.05) is 29.8 Å². The van der Waals surface area contributed by atoms with Gasteiger partial charge < -0.3 is 10.6 Å². The zero-order valence-corrected chi connectivity index (χ0v) is 14.1. The molecule has 2 aromatic rings. The number of carbonyl (C=O) groups is 2. The van der Waals surface area contributed by atoms with Crippen LogP contribution in [0.25, 0.3) is 0 Å². The van der Waals surface area contributed by atoms with E-state index >= 15 is 0 Å². The van der Waals surface area contributed by atoms with E-state index in [0.29, 0.717) is 16.3 Å². The fourth-order valence-electron chi connectivity index (χ4n) is 2.33. The fourth-order valence-corrected chi connectivity index (χ4v) is 3.60. The molecule has 124 valence electrons. The predicted octanol–water partition coefficient (Wildman–Crippen LogP) is 3.60. The summed E-state index contributed by atoms with van der Waals surface area (Å²) >= 11 is 7.22. The van der Waals surface area contributed by atoms with Crippen LogP contribution in [0.4, 0.5) is 10.1 Å². The number of hydrogen-bond acceptors (Lipinski definition) is 3. The standard InChI is InChI=1S/C17H14ClFN2O2S/c18-11-5-6-14-13(7-11)21-17(23)15(24-14)8-16(22)20-9-10-3-1-2-4-12(10)19/h1-7,15H,8-9H2,(H,20,22)(H,21,23). The summed E-state index contributed by atoms with van der Waals surface area (Å²) in [6, 6.07) is 11.5. The van der Waals surface area contributed by atoms with E-state index in [1.54, 1.807) is 30.3 Å². The van der Waals surface area contributed by atoms with Gasteiger partial charge in [-0.2, -0.15) is 0 Å². The average Bonchev–Trinajstić information content (AvgIpc) is 2.55. The zero-order chi connectivity index (χ0) is 17.1. The van der Waals surface area contributed by atoms with Crippen molar-refractivity contribution in [3.63, 3.8) is 0 Å². The SMILES string of the molecule is O=C(CC1Sc2ccc(Cl)cc2NC1=O)NCc1ccccc1F. The molecule has 0 aromatic heterocycles. The van der Waals surface area contributed by atoms with Gasteiger partial charge in [-0.05, 0) is 24.3 Å². The van der Waals surface area contributed by atoms with Crippen molar-refractivity contribution < 1.29 is 14.0 Å². The van der Waals surface area contributed by atoms with Gasteiger partial charge in [-0.3, -0.25) is 9.59 Å². The van der Waals surface area contributed by atoms with E-state index in [9.17, 15) is 14.0 Å². The van der Waals surface area contributed by atoms with Crippen molar-refractivity contribution >= 4 is 40.9 Å². The van der Waals surface area contributed by atoms with Gasteiger partial charge in [0.1, 0.15) is 5.82 Å². The summed E-state index contributed by atoms with van der Waals surface area (Å²) in [6.45, 7) is 0.0940. The summed E-state index contributed by atoms with van der Waals surface area (Å²) in [5, 5.41) is 5.41. The van der Waals surface area contributed by atoms with Gasteiger partial charge in [0.25, 0.3) is 0 Å². The smallest absolute Gasteiger partial charge is 0.238 e. The molecular formula is C17H14ClFN2O2S. The Morgan fingerprint density at radius 2 is 2.08 bits per heavy atom. The third kappa shape index (κ3) is 3.88. The van der Waals surface area contributed by atoms with E-state index in [0.717, 1.165) is 4.90 Å². The number of hydrogen-bond donors (Lipinski definition) is 2. The number of benzene rings is 2. The van der Waals surface area contributed by atoms with Crippen molar-refractivity contribution in [3.05, 3.63) is 58.9 Å². The van der Waals surface area contributed by atoms with Crippen LogP contribution < -0.4 is 10.6 Å². The summed E-state index contributed by atoms with van der Waals surface area (Å²) in [4.78, 5) is 25.0. The predicted molar refractivity (Wildman–Crippen MR) is 92.6 cm³/mol. The van der Waals surface area contributed by atoms with Gasteiger partial charge in [0.05, 0.1) is 10.9 Å². The molecule has 0 saturated heterocycles. The first kappa shape index (κ1) is 16.8. The van der Waals surface area contributed by atoms with E-state index in [-0.39, 0.29) is 30.6 Å². The average molecular weight is 365 g/mol. The molecule has 1 unspecified atom stereocenters. The number of halogens is 2. The highest BCUT2D eigenvalue weighted by Gasteiger charge is 2.29. The van der Waals surface area contributed by atoms with E-state index in [2.05, 4.69) is 10.6 Å². The lowest BCUT2D eigenvalue weighted by Crippen LogP contribution is -2.34. The third-order valence-electron chi connectivity index (χ3n) is 3.57. The van der Waals surface area contributed by atoms with Crippen LogP contribution in [0.2, 0.25) is 5.02 Å². The van der Waals surface area contributed by atoms with E-state index in [4.69, 9.17) is 11.6 Å². The van der Waals surface area contributed by atoms with Gasteiger partial charge in [-0.15, -0.1) is 11.8 Å². The molecule has 0 spiro atoms. The summed E-state index contributed by atoms with van der Waals surface area (Å²) in [7, 11) is 0. The second-order valence-electron chi connectivity index (χ2n) is 5.31. The van der Waals surface area contributed by atoms with Crippen molar-refractivity contribution in [3.8, 4) is 0 Å². The number of rotatable bonds is 4. The largest absolute Gasteiger partial charge is 0.352 e. The highest BCUT2D eigenvalue weighted by Crippen LogP contribution is 2.38. The van der Waals surface area contributed by atoms with Gasteiger partial charge in [0.2, 0.25) is 11.8 Å². The number of fused-ring (bicyclic) bond motifs is 1. The van der Waals surface area contributed by atoms with Crippen LogP contribution in [-0.2, 0) is 16.1 Å². The molecule has 0 aliphatic carbocycles. The highest BCUT2D eigenvalue weighted by atomic mass is 35.5. The van der Waals surface area contributed by atoms with Crippen molar-refractivity contribution in [1.82, 2.24) is 5.32 Å². The molecule has 3 rings (SSSR count). The van der Waals surface area contributed by atoms with E-state index in [1.165, 1.54) is 17.8 Å². The summed E-state index contributed by atoms with van der Waals surface area (Å²) < 4.78 is 13.5. The number of nitrogens with one attached hydrogen (secondary N) is 2. The Balaban J connectivity index is 1.59. The molecule has 24 heavy (non-hydrogen) atoms. The summed E-state index contributed by atoms with van der Waals surface area (Å²) in [6.07, 6.45) is 0.0209. The van der Waals surface area contributed by atoms with Crippen LogP contribution in [0.15, 0.2) is 47.4 Å². The molecule has 7 heteroatoms. The van der Waals surface area contributed by atoms with Crippen molar-refractivity contribution in [2.45, 2.75) is 23.1 Å². The Hall–Kier alpha value is -2.05. The Morgan fingerprint density at radius 1 is 1.29 bits per heavy atom. The van der Waals surface area contributed by atoms with Crippen molar-refractivity contribution in [2.75, 3.05) is 5.32 Å². The highest BCUT2D eigenvalue weighted by molar-refractivity contribution is 8.01. The first-order valence-electron chi connectivity index (χ1n) is 7.30. The minimum atomic E-state index is -0.528. The van der Waals surface area contributed by atoms with Gasteiger partial charge in [0, 0.05) is 28.4 Å². The molecule has 4 nitrogen and oxygen atoms in total. The minimum absolute atomic E-state index is 0.0209. The van der Waals surface area contributed by atoms with Crippen LogP contribution >= 0.6 is 23.4 Å². The number of carbonyl (C=O) groups excluding carboxylic acids is 2. The zero-order valence-electron chi connectivity index (χ0n) is 12.5. The van der Waals surface area contributed by atoms with Gasteiger partial charge in [-0.25, -0.2) is 4.39 Å². The lowest BCUT2D eigenvalue weighted by molar-refractivity contribution is -0.124. The Bertz CT molecular complexity index is 800. The molecular weight excluding hydrogens is 351 g/mol. The van der Waals surface area contributed by atoms with Crippen LogP contribution in [-0.4, -0.2) is 17.1 Å². The quantitative estimate of drug-likeness (QED) is 0.871. The Labute approximate surface area is 147 Å². The second kappa shape index (κ2) is 7.23. The molecule has 1 heterocycles. The van der Waals surface area contributed by atoms with Crippen molar-refractivity contribution in [2.24, 2.45) is 0 Å². The maximum absolute atomic E-state index is 13.5. The maximum atomic E-state index is 13.5. The molecule has 1 aliphatic heterocycles. The van der Waals surface area contributed by atoms with Gasteiger partial charge in [0.15, 0.2) is 0 Å². The Kier molecular flexibility index (Phi) is 5.06. The number of thioether (sulfide) groups is 1. The normalized spacial score (nSPS) is 16.2. The minimum Gasteiger partial charge on any atom is -0.352 e. The molecule has 0 bridgehead atoms. The lowest BCUT2D eigenvalue weighted by atomic mass is 10.2. The molecule has 2 aromatic carbocycles. The summed E-state index contributed by atoms with van der Waals surface area (Å²) in [5.74, 6) is -0.910. The molecule has 0 saturated carbocycles. The molecule has 1 atom stereocenters. The molecule has 2 amide bonds. The molecule has 0 radical (unpaired) electrons. The lowest BCUT2D eigenvalue weighted by Gasteiger charge is -2.23. The number of anilines is 1. The second-order valence-corrected chi connectivity index (χ2v) is 6.99. The van der Waals surface area contributed by atoms with Crippen LogP contribution in [0.1, 0.15) is 12.0 Å². The van der Waals surface area contributed by atoms with Crippen LogP contribution in [0.3, 0.4) is 0 Å². The molecule has 0 fully saturated rings. The molecule has 1 aliphatic rings. The van der Waals surface area contributed by atoms with E-state index in [1.807, 2.05) is 6.07 Å². The summed E-state index contributed by atoms with van der Waals surface area (Å²) in [5.41, 5.74) is 1.06. The fraction of sp³-hybridized carbons (Fsp3) is 0.176. The third-order valence-corrected chi connectivity index (χ3v) is 5.08. The van der Waals surface area contributed by atoms with Gasteiger partial charge >= 0.3 is 0 Å². The van der Waals surface area contributed by atoms with E-state index < -0.39 is 5.25 Å².